The van der Waals surface area contributed by atoms with Crippen LogP contribution in [0.5, 0.6) is 5.75 Å². The summed E-state index contributed by atoms with van der Waals surface area (Å²) in [6.07, 6.45) is 3.49. The van der Waals surface area contributed by atoms with Gasteiger partial charge in [0.25, 0.3) is 11.8 Å². The Balaban J connectivity index is 1.80. The van der Waals surface area contributed by atoms with Crippen molar-refractivity contribution in [1.29, 1.82) is 0 Å². The summed E-state index contributed by atoms with van der Waals surface area (Å²) in [6.45, 7) is 0. The van der Waals surface area contributed by atoms with Gasteiger partial charge in [0.05, 0.1) is 23.9 Å². The molecule has 2 amide bonds. The number of hydrogen-bond donors (Lipinski definition) is 2. The minimum absolute atomic E-state index is 0.317. The number of para-hydroxylation sites is 1. The number of benzene rings is 2. The monoisotopic (exact) mass is 393 g/mol. The summed E-state index contributed by atoms with van der Waals surface area (Å²) >= 11 is 1.39. The van der Waals surface area contributed by atoms with Gasteiger partial charge in [-0.15, -0.1) is 11.8 Å². The Morgan fingerprint density at radius 1 is 0.893 bits per heavy atom. The lowest BCUT2D eigenvalue weighted by Gasteiger charge is -2.12. The zero-order valence-electron chi connectivity index (χ0n) is 15.4. The van der Waals surface area contributed by atoms with Crippen LogP contribution in [0, 0.1) is 0 Å². The minimum Gasteiger partial charge on any atom is -0.497 e. The summed E-state index contributed by atoms with van der Waals surface area (Å²) in [5, 5.41) is 6.26. The number of nitrogens with one attached hydrogen (secondary N) is 2. The van der Waals surface area contributed by atoms with E-state index in [1.54, 1.807) is 74.0 Å². The number of nitrogens with zero attached hydrogens (tertiary/aromatic N) is 1. The maximum Gasteiger partial charge on any atom is 0.258 e. The summed E-state index contributed by atoms with van der Waals surface area (Å²) in [7, 11) is 1.58. The molecule has 0 aliphatic rings. The van der Waals surface area contributed by atoms with Crippen molar-refractivity contribution in [2.45, 2.75) is 5.03 Å². The smallest absolute Gasteiger partial charge is 0.258 e. The minimum atomic E-state index is -0.322. The molecule has 0 radical (unpaired) electrons. The van der Waals surface area contributed by atoms with Gasteiger partial charge in [-0.3, -0.25) is 9.59 Å². The Morgan fingerprint density at radius 3 is 2.29 bits per heavy atom. The lowest BCUT2D eigenvalue weighted by molar-refractivity contribution is 0.102. The van der Waals surface area contributed by atoms with Crippen LogP contribution >= 0.6 is 11.8 Å². The summed E-state index contributed by atoms with van der Waals surface area (Å²) < 4.78 is 5.12. The van der Waals surface area contributed by atoms with E-state index in [4.69, 9.17) is 4.74 Å². The van der Waals surface area contributed by atoms with E-state index < -0.39 is 0 Å². The second-order valence-electron chi connectivity index (χ2n) is 5.74. The number of thioether (sulfide) groups is 1. The van der Waals surface area contributed by atoms with Crippen molar-refractivity contribution in [3.63, 3.8) is 0 Å². The van der Waals surface area contributed by atoms with E-state index in [-0.39, 0.29) is 11.8 Å². The van der Waals surface area contributed by atoms with Gasteiger partial charge < -0.3 is 15.4 Å². The van der Waals surface area contributed by atoms with Crippen molar-refractivity contribution in [3.05, 3.63) is 78.0 Å². The number of carbonyl (C=O) groups excluding carboxylic acids is 2. The number of ether oxygens (including phenoxy) is 1. The van der Waals surface area contributed by atoms with Crippen molar-refractivity contribution >= 4 is 35.0 Å². The molecule has 0 aliphatic heterocycles. The largest absolute Gasteiger partial charge is 0.497 e. The van der Waals surface area contributed by atoms with E-state index in [0.29, 0.717) is 33.3 Å². The number of carbonyl (C=O) groups is 2. The molecule has 0 unspecified atom stereocenters. The highest BCUT2D eigenvalue weighted by Crippen LogP contribution is 2.22. The normalized spacial score (nSPS) is 10.2. The molecule has 7 heteroatoms. The highest BCUT2D eigenvalue weighted by atomic mass is 32.2. The van der Waals surface area contributed by atoms with E-state index in [0.717, 1.165) is 0 Å². The Labute approximate surface area is 167 Å². The maximum absolute atomic E-state index is 12.7. The van der Waals surface area contributed by atoms with Crippen LogP contribution in [0.15, 0.2) is 71.9 Å². The number of pyridine rings is 1. The number of rotatable bonds is 6. The van der Waals surface area contributed by atoms with E-state index in [9.17, 15) is 9.59 Å². The van der Waals surface area contributed by atoms with Gasteiger partial charge in [-0.1, -0.05) is 12.1 Å². The number of hydrogen-bond acceptors (Lipinski definition) is 5. The van der Waals surface area contributed by atoms with Gasteiger partial charge in [0, 0.05) is 11.9 Å². The van der Waals surface area contributed by atoms with E-state index in [1.807, 2.05) is 6.26 Å². The average Bonchev–Trinajstić information content (AvgIpc) is 2.74. The van der Waals surface area contributed by atoms with Crippen LogP contribution in [0.3, 0.4) is 0 Å². The first-order chi connectivity index (χ1) is 13.6. The molecule has 142 valence electrons. The number of aromatic nitrogens is 1. The third kappa shape index (κ3) is 4.50. The molecule has 1 heterocycles. The molecule has 0 saturated heterocycles. The second-order valence-corrected chi connectivity index (χ2v) is 6.54. The first-order valence-electron chi connectivity index (χ1n) is 8.47. The third-order valence-electron chi connectivity index (χ3n) is 3.98. The van der Waals surface area contributed by atoms with Crippen molar-refractivity contribution in [2.75, 3.05) is 24.0 Å². The van der Waals surface area contributed by atoms with Crippen LogP contribution in [0.2, 0.25) is 0 Å². The van der Waals surface area contributed by atoms with Crippen LogP contribution in [0.25, 0.3) is 0 Å². The molecule has 0 atom stereocenters. The van der Waals surface area contributed by atoms with Crippen LogP contribution in [-0.2, 0) is 0 Å². The molecule has 6 nitrogen and oxygen atoms in total. The first kappa shape index (κ1) is 19.4. The van der Waals surface area contributed by atoms with Gasteiger partial charge in [0.15, 0.2) is 0 Å². The van der Waals surface area contributed by atoms with Crippen LogP contribution in [0.1, 0.15) is 20.7 Å². The Kier molecular flexibility index (Phi) is 6.29. The van der Waals surface area contributed by atoms with Gasteiger partial charge in [0.2, 0.25) is 0 Å². The van der Waals surface area contributed by atoms with Gasteiger partial charge >= 0.3 is 0 Å². The first-order valence-corrected chi connectivity index (χ1v) is 9.69. The summed E-state index contributed by atoms with van der Waals surface area (Å²) in [5.41, 5.74) is 1.87. The van der Waals surface area contributed by atoms with Gasteiger partial charge in [-0.05, 0) is 54.8 Å². The standard InChI is InChI=1S/C21H19N3O3S/c1-27-15-11-9-14(10-12-15)23-19(25)16-6-3-4-8-18(16)24-20(26)17-7-5-13-22-21(17)28-2/h3-13H,1-2H3,(H,23,25)(H,24,26). The van der Waals surface area contributed by atoms with Gasteiger partial charge in [-0.25, -0.2) is 4.98 Å². The summed E-state index contributed by atoms with van der Waals surface area (Å²) in [5.74, 6) is 0.0613. The van der Waals surface area contributed by atoms with E-state index in [1.165, 1.54) is 11.8 Å². The SMILES string of the molecule is COc1ccc(NC(=O)c2ccccc2NC(=O)c2cccnc2SC)cc1. The molecule has 0 saturated carbocycles. The molecule has 3 aromatic rings. The Morgan fingerprint density at radius 2 is 1.57 bits per heavy atom. The van der Waals surface area contributed by atoms with E-state index >= 15 is 0 Å². The highest BCUT2D eigenvalue weighted by Gasteiger charge is 2.16. The predicted octanol–water partition coefficient (Wildman–Crippen LogP) is 4.32. The fourth-order valence-corrected chi connectivity index (χ4v) is 3.13. The molecule has 2 aromatic carbocycles. The lowest BCUT2D eigenvalue weighted by Crippen LogP contribution is -2.19. The van der Waals surface area contributed by atoms with Gasteiger partial charge in [0.1, 0.15) is 10.8 Å². The molecule has 3 rings (SSSR count). The third-order valence-corrected chi connectivity index (χ3v) is 4.69. The fourth-order valence-electron chi connectivity index (χ4n) is 2.58. The van der Waals surface area contributed by atoms with Crippen LogP contribution < -0.4 is 15.4 Å². The molecular formula is C21H19N3O3S. The maximum atomic E-state index is 12.7. The number of amides is 2. The average molecular weight is 393 g/mol. The fraction of sp³-hybridized carbons (Fsp3) is 0.0952. The Bertz CT molecular complexity index is 990. The molecule has 0 fully saturated rings. The van der Waals surface area contributed by atoms with Crippen molar-refractivity contribution in [1.82, 2.24) is 4.98 Å². The van der Waals surface area contributed by atoms with Crippen LogP contribution in [-0.4, -0.2) is 30.2 Å². The topological polar surface area (TPSA) is 80.3 Å². The number of anilines is 2. The molecule has 2 N–H and O–H groups in total. The van der Waals surface area contributed by atoms with Crippen molar-refractivity contribution in [2.24, 2.45) is 0 Å². The predicted molar refractivity (Wildman–Crippen MR) is 111 cm³/mol. The quantitative estimate of drug-likeness (QED) is 0.610. The van der Waals surface area contributed by atoms with Gasteiger partial charge in [-0.2, -0.15) is 0 Å². The highest BCUT2D eigenvalue weighted by molar-refractivity contribution is 7.98. The molecule has 0 bridgehead atoms. The summed E-state index contributed by atoms with van der Waals surface area (Å²) in [4.78, 5) is 29.6. The number of methoxy groups -OCH3 is 1. The van der Waals surface area contributed by atoms with Crippen molar-refractivity contribution in [3.8, 4) is 5.75 Å². The molecular weight excluding hydrogens is 374 g/mol. The molecule has 0 spiro atoms. The summed E-state index contributed by atoms with van der Waals surface area (Å²) in [6, 6.07) is 17.3. The zero-order chi connectivity index (χ0) is 19.9. The zero-order valence-corrected chi connectivity index (χ0v) is 16.2. The van der Waals surface area contributed by atoms with E-state index in [2.05, 4.69) is 15.6 Å². The lowest BCUT2D eigenvalue weighted by atomic mass is 10.1. The molecule has 28 heavy (non-hydrogen) atoms. The molecule has 0 aliphatic carbocycles. The Hall–Kier alpha value is -3.32. The molecule has 1 aromatic heterocycles. The van der Waals surface area contributed by atoms with Crippen LogP contribution in [0.4, 0.5) is 11.4 Å². The van der Waals surface area contributed by atoms with Crippen molar-refractivity contribution < 1.29 is 14.3 Å². The second kappa shape index (κ2) is 9.05.